The van der Waals surface area contributed by atoms with Crippen LogP contribution >= 0.6 is 23.4 Å². The Morgan fingerprint density at radius 1 is 1.42 bits per heavy atom. The standard InChI is InChI=1S/C19H17ClFN3OS/c1-3-10-24-17-7-5-4-6-16(17)23-19(24)26-12(2)18(25)22-15-9-8-13(21)11-14(15)20/h3-9,11-12H,1,10H2,2H3,(H,22,25)/t12-/m0/s1. The van der Waals surface area contributed by atoms with Gasteiger partial charge in [0.15, 0.2) is 5.16 Å². The number of para-hydroxylation sites is 2. The summed E-state index contributed by atoms with van der Waals surface area (Å²) in [5.74, 6) is -0.686. The number of hydrogen-bond donors (Lipinski definition) is 1. The number of carbonyl (C=O) groups is 1. The Hall–Kier alpha value is -2.31. The van der Waals surface area contributed by atoms with Crippen molar-refractivity contribution in [3.8, 4) is 0 Å². The molecule has 0 aliphatic heterocycles. The number of amides is 1. The van der Waals surface area contributed by atoms with E-state index in [1.54, 1.807) is 13.0 Å². The first-order chi connectivity index (χ1) is 12.5. The number of allylic oxidation sites excluding steroid dienone is 1. The molecule has 0 saturated heterocycles. The summed E-state index contributed by atoms with van der Waals surface area (Å²) in [6, 6.07) is 11.7. The van der Waals surface area contributed by atoms with Crippen LogP contribution < -0.4 is 5.32 Å². The minimum Gasteiger partial charge on any atom is -0.324 e. The highest BCUT2D eigenvalue weighted by atomic mass is 35.5. The molecule has 3 rings (SSSR count). The third-order valence-corrected chi connectivity index (χ3v) is 5.17. The number of nitrogens with zero attached hydrogens (tertiary/aromatic N) is 2. The fourth-order valence-corrected chi connectivity index (χ4v) is 3.63. The third-order valence-electron chi connectivity index (χ3n) is 3.77. The van der Waals surface area contributed by atoms with E-state index < -0.39 is 11.1 Å². The van der Waals surface area contributed by atoms with Crippen molar-refractivity contribution in [3.05, 3.63) is 66.0 Å². The van der Waals surface area contributed by atoms with Gasteiger partial charge in [0.25, 0.3) is 0 Å². The van der Waals surface area contributed by atoms with Crippen molar-refractivity contribution < 1.29 is 9.18 Å². The van der Waals surface area contributed by atoms with Crippen LogP contribution in [0.2, 0.25) is 5.02 Å². The number of carbonyl (C=O) groups excluding carboxylic acids is 1. The molecule has 0 spiro atoms. The van der Waals surface area contributed by atoms with Gasteiger partial charge in [-0.1, -0.05) is 41.6 Å². The molecule has 0 aliphatic carbocycles. The molecule has 1 N–H and O–H groups in total. The first-order valence-corrected chi connectivity index (χ1v) is 9.24. The maximum absolute atomic E-state index is 13.1. The summed E-state index contributed by atoms with van der Waals surface area (Å²) in [7, 11) is 0. The van der Waals surface area contributed by atoms with E-state index in [1.807, 2.05) is 28.8 Å². The number of imidazole rings is 1. The van der Waals surface area contributed by atoms with Crippen molar-refractivity contribution >= 4 is 46.0 Å². The smallest absolute Gasteiger partial charge is 0.237 e. The van der Waals surface area contributed by atoms with Crippen molar-refractivity contribution in [1.82, 2.24) is 9.55 Å². The number of benzene rings is 2. The largest absolute Gasteiger partial charge is 0.324 e. The number of anilines is 1. The highest BCUT2D eigenvalue weighted by Crippen LogP contribution is 2.29. The predicted molar refractivity (Wildman–Crippen MR) is 105 cm³/mol. The monoisotopic (exact) mass is 389 g/mol. The van der Waals surface area contributed by atoms with Gasteiger partial charge in [0.1, 0.15) is 5.82 Å². The normalized spacial score (nSPS) is 12.1. The van der Waals surface area contributed by atoms with Crippen molar-refractivity contribution in [3.63, 3.8) is 0 Å². The summed E-state index contributed by atoms with van der Waals surface area (Å²) in [4.78, 5) is 17.1. The SMILES string of the molecule is C=CCn1c(S[C@@H](C)C(=O)Nc2ccc(F)cc2Cl)nc2ccccc21. The molecule has 2 aromatic carbocycles. The second kappa shape index (κ2) is 7.93. The number of thioether (sulfide) groups is 1. The molecule has 134 valence electrons. The van der Waals surface area contributed by atoms with Crippen LogP contribution in [0.1, 0.15) is 6.92 Å². The van der Waals surface area contributed by atoms with Gasteiger partial charge in [-0.15, -0.1) is 6.58 Å². The minimum absolute atomic E-state index is 0.162. The number of aromatic nitrogens is 2. The molecule has 26 heavy (non-hydrogen) atoms. The summed E-state index contributed by atoms with van der Waals surface area (Å²) in [6.45, 7) is 6.17. The number of halogens is 2. The lowest BCUT2D eigenvalue weighted by Gasteiger charge is -2.13. The summed E-state index contributed by atoms with van der Waals surface area (Å²) in [5.41, 5.74) is 2.24. The molecule has 1 aromatic heterocycles. The average Bonchev–Trinajstić information content (AvgIpc) is 2.95. The van der Waals surface area contributed by atoms with Crippen LogP contribution in [0.5, 0.6) is 0 Å². The molecule has 0 aliphatic rings. The van der Waals surface area contributed by atoms with Gasteiger partial charge >= 0.3 is 0 Å². The first kappa shape index (κ1) is 18.5. The molecule has 0 saturated carbocycles. The van der Waals surface area contributed by atoms with Gasteiger partial charge in [-0.05, 0) is 37.3 Å². The van der Waals surface area contributed by atoms with Crippen molar-refractivity contribution in [1.29, 1.82) is 0 Å². The Bertz CT molecular complexity index is 973. The zero-order valence-corrected chi connectivity index (χ0v) is 15.6. The lowest BCUT2D eigenvalue weighted by molar-refractivity contribution is -0.115. The van der Waals surface area contributed by atoms with Gasteiger partial charge in [-0.2, -0.15) is 0 Å². The van der Waals surface area contributed by atoms with Crippen molar-refractivity contribution in [2.45, 2.75) is 23.9 Å². The van der Waals surface area contributed by atoms with E-state index in [-0.39, 0.29) is 10.9 Å². The zero-order chi connectivity index (χ0) is 18.7. The van der Waals surface area contributed by atoms with Gasteiger partial charge in [0, 0.05) is 6.54 Å². The van der Waals surface area contributed by atoms with Crippen LogP contribution in [0, 0.1) is 5.82 Å². The number of nitrogens with one attached hydrogen (secondary N) is 1. The molecular weight excluding hydrogens is 373 g/mol. The molecule has 7 heteroatoms. The van der Waals surface area contributed by atoms with Crippen LogP contribution in [0.3, 0.4) is 0 Å². The van der Waals surface area contributed by atoms with Crippen LogP contribution in [-0.4, -0.2) is 20.7 Å². The van der Waals surface area contributed by atoms with E-state index in [2.05, 4.69) is 16.9 Å². The summed E-state index contributed by atoms with van der Waals surface area (Å²) in [5, 5.41) is 3.20. The number of hydrogen-bond acceptors (Lipinski definition) is 3. The molecule has 0 fully saturated rings. The fourth-order valence-electron chi connectivity index (χ4n) is 2.49. The van der Waals surface area contributed by atoms with E-state index in [0.29, 0.717) is 12.2 Å². The second-order valence-electron chi connectivity index (χ2n) is 5.66. The van der Waals surface area contributed by atoms with E-state index in [4.69, 9.17) is 11.6 Å². The Morgan fingerprint density at radius 3 is 2.92 bits per heavy atom. The van der Waals surface area contributed by atoms with Crippen LogP contribution in [0.25, 0.3) is 11.0 Å². The summed E-state index contributed by atoms with van der Waals surface area (Å²) in [6.07, 6.45) is 1.79. The summed E-state index contributed by atoms with van der Waals surface area (Å²) >= 11 is 7.32. The maximum Gasteiger partial charge on any atom is 0.237 e. The lowest BCUT2D eigenvalue weighted by atomic mass is 10.3. The van der Waals surface area contributed by atoms with E-state index >= 15 is 0 Å². The molecule has 3 aromatic rings. The molecule has 1 atom stereocenters. The highest BCUT2D eigenvalue weighted by Gasteiger charge is 2.20. The molecule has 4 nitrogen and oxygen atoms in total. The molecule has 0 unspecified atom stereocenters. The Morgan fingerprint density at radius 2 is 2.19 bits per heavy atom. The van der Waals surface area contributed by atoms with E-state index in [1.165, 1.54) is 30.0 Å². The van der Waals surface area contributed by atoms with Crippen LogP contribution in [0.4, 0.5) is 10.1 Å². The van der Waals surface area contributed by atoms with Gasteiger partial charge < -0.3 is 9.88 Å². The van der Waals surface area contributed by atoms with Gasteiger partial charge in [0.2, 0.25) is 5.91 Å². The topological polar surface area (TPSA) is 46.9 Å². The average molecular weight is 390 g/mol. The Labute approximate surface area is 160 Å². The van der Waals surface area contributed by atoms with Gasteiger partial charge in [-0.25, -0.2) is 9.37 Å². The molecular formula is C19H17ClFN3OS. The van der Waals surface area contributed by atoms with Gasteiger partial charge in [0.05, 0.1) is 27.0 Å². The van der Waals surface area contributed by atoms with Crippen LogP contribution in [0.15, 0.2) is 60.3 Å². The van der Waals surface area contributed by atoms with Gasteiger partial charge in [-0.3, -0.25) is 4.79 Å². The number of rotatable bonds is 6. The first-order valence-electron chi connectivity index (χ1n) is 7.98. The Balaban J connectivity index is 1.79. The Kier molecular flexibility index (Phi) is 5.64. The van der Waals surface area contributed by atoms with E-state index in [0.717, 1.165) is 16.2 Å². The predicted octanol–water partition coefficient (Wildman–Crippen LogP) is 5.13. The summed E-state index contributed by atoms with van der Waals surface area (Å²) < 4.78 is 15.1. The minimum atomic E-state index is -0.450. The quantitative estimate of drug-likeness (QED) is 0.469. The van der Waals surface area contributed by atoms with E-state index in [9.17, 15) is 9.18 Å². The van der Waals surface area contributed by atoms with Crippen molar-refractivity contribution in [2.75, 3.05) is 5.32 Å². The zero-order valence-electron chi connectivity index (χ0n) is 14.1. The lowest BCUT2D eigenvalue weighted by Crippen LogP contribution is -2.23. The molecule has 1 amide bonds. The highest BCUT2D eigenvalue weighted by molar-refractivity contribution is 8.00. The fraction of sp³-hybridized carbons (Fsp3) is 0.158. The third kappa shape index (κ3) is 3.92. The van der Waals surface area contributed by atoms with Crippen molar-refractivity contribution in [2.24, 2.45) is 0 Å². The molecule has 0 radical (unpaired) electrons. The second-order valence-corrected chi connectivity index (χ2v) is 7.37. The van der Waals surface area contributed by atoms with Crippen LogP contribution in [-0.2, 0) is 11.3 Å². The maximum atomic E-state index is 13.1. The number of fused-ring (bicyclic) bond motifs is 1. The molecule has 0 bridgehead atoms. The molecule has 1 heterocycles.